The van der Waals surface area contributed by atoms with Gasteiger partial charge in [-0.05, 0) is 0 Å². The van der Waals surface area contributed by atoms with Gasteiger partial charge in [-0.1, -0.05) is 0 Å². The summed E-state index contributed by atoms with van der Waals surface area (Å²) in [6, 6.07) is 2.29. The van der Waals surface area contributed by atoms with Crippen molar-refractivity contribution in [2.45, 2.75) is 12.3 Å². The van der Waals surface area contributed by atoms with Crippen LogP contribution in [0.3, 0.4) is 0 Å². The predicted octanol–water partition coefficient (Wildman–Crippen LogP) is 2.12. The number of carbonyl (C=O) groups is 1. The molecule has 0 aromatic heterocycles. The minimum absolute atomic E-state index is 0.0948. The average molecular weight is 296 g/mol. The zero-order chi connectivity index (χ0) is 15.5. The van der Waals surface area contributed by atoms with E-state index in [-0.39, 0.29) is 22.9 Å². The highest BCUT2D eigenvalue weighted by Crippen LogP contribution is 2.35. The number of nitrogen functional groups attached to an aromatic ring is 1. The van der Waals surface area contributed by atoms with E-state index in [2.05, 4.69) is 0 Å². The molecule has 1 rings (SSSR count). The molecule has 0 fully saturated rings. The van der Waals surface area contributed by atoms with Crippen molar-refractivity contribution < 1.29 is 31.8 Å². The van der Waals surface area contributed by atoms with Crippen molar-refractivity contribution in [1.29, 1.82) is 0 Å². The monoisotopic (exact) mass is 296 g/mol. The first-order chi connectivity index (χ1) is 9.23. The average Bonchev–Trinajstić information content (AvgIpc) is 2.39. The topological polar surface area (TPSA) is 73.6 Å². The van der Waals surface area contributed by atoms with Crippen LogP contribution in [0.5, 0.6) is 11.5 Å². The standard InChI is InChI=1S/C11H12F4N2O3/c1-19-7-3-5(16)6(4-8(7)20-2)17-10(18)11(14,15)9(12)13/h3-4,9H,16H2,1-2H3,(H,17,18). The largest absolute Gasteiger partial charge is 0.493 e. The number of carbonyl (C=O) groups excluding carboxylic acids is 1. The smallest absolute Gasteiger partial charge is 0.383 e. The van der Waals surface area contributed by atoms with E-state index in [1.165, 1.54) is 20.3 Å². The molecule has 0 heterocycles. The predicted molar refractivity (Wildman–Crippen MR) is 63.5 cm³/mol. The fourth-order valence-electron chi connectivity index (χ4n) is 1.31. The molecule has 1 aromatic rings. The minimum Gasteiger partial charge on any atom is -0.493 e. The molecular weight excluding hydrogens is 284 g/mol. The van der Waals surface area contributed by atoms with Gasteiger partial charge in [0.2, 0.25) is 0 Å². The van der Waals surface area contributed by atoms with E-state index >= 15 is 0 Å². The number of nitrogens with two attached hydrogens (primary N) is 1. The third-order valence-corrected chi connectivity index (χ3v) is 2.38. The number of benzene rings is 1. The van der Waals surface area contributed by atoms with Crippen molar-refractivity contribution in [1.82, 2.24) is 0 Å². The molecule has 112 valence electrons. The molecular formula is C11H12F4N2O3. The molecule has 0 atom stereocenters. The third-order valence-electron chi connectivity index (χ3n) is 2.38. The number of halogens is 4. The summed E-state index contributed by atoms with van der Waals surface area (Å²) in [7, 11) is 2.59. The van der Waals surface area contributed by atoms with Gasteiger partial charge in [-0.15, -0.1) is 0 Å². The number of hydrogen-bond donors (Lipinski definition) is 2. The number of alkyl halides is 4. The van der Waals surface area contributed by atoms with Crippen LogP contribution >= 0.6 is 0 Å². The summed E-state index contributed by atoms with van der Waals surface area (Å²) in [5, 5.41) is 1.63. The second-order valence-corrected chi connectivity index (χ2v) is 3.67. The highest BCUT2D eigenvalue weighted by atomic mass is 19.3. The van der Waals surface area contributed by atoms with Crippen molar-refractivity contribution in [3.05, 3.63) is 12.1 Å². The van der Waals surface area contributed by atoms with Crippen molar-refractivity contribution in [3.8, 4) is 11.5 Å². The Morgan fingerprint density at radius 2 is 1.75 bits per heavy atom. The number of hydrogen-bond acceptors (Lipinski definition) is 4. The molecule has 5 nitrogen and oxygen atoms in total. The van der Waals surface area contributed by atoms with Crippen molar-refractivity contribution >= 4 is 17.3 Å². The van der Waals surface area contributed by atoms with E-state index in [4.69, 9.17) is 15.2 Å². The molecule has 0 unspecified atom stereocenters. The van der Waals surface area contributed by atoms with Gasteiger partial charge in [-0.2, -0.15) is 8.78 Å². The van der Waals surface area contributed by atoms with E-state index in [1.807, 2.05) is 0 Å². The summed E-state index contributed by atoms with van der Waals surface area (Å²) in [4.78, 5) is 11.1. The lowest BCUT2D eigenvalue weighted by molar-refractivity contribution is -0.163. The van der Waals surface area contributed by atoms with Crippen LogP contribution in [0.4, 0.5) is 28.9 Å². The van der Waals surface area contributed by atoms with Crippen LogP contribution in [-0.2, 0) is 4.79 Å². The van der Waals surface area contributed by atoms with Crippen LogP contribution < -0.4 is 20.5 Å². The summed E-state index contributed by atoms with van der Waals surface area (Å²) in [5.41, 5.74) is 5.08. The van der Waals surface area contributed by atoms with Crippen LogP contribution in [-0.4, -0.2) is 32.5 Å². The lowest BCUT2D eigenvalue weighted by Crippen LogP contribution is -2.41. The Morgan fingerprint density at radius 1 is 1.25 bits per heavy atom. The van der Waals surface area contributed by atoms with E-state index in [9.17, 15) is 22.4 Å². The first-order valence-electron chi connectivity index (χ1n) is 5.23. The van der Waals surface area contributed by atoms with Crippen LogP contribution in [0.2, 0.25) is 0 Å². The van der Waals surface area contributed by atoms with E-state index in [0.717, 1.165) is 6.07 Å². The summed E-state index contributed by atoms with van der Waals surface area (Å²) < 4.78 is 59.5. The third kappa shape index (κ3) is 3.03. The van der Waals surface area contributed by atoms with Crippen molar-refractivity contribution in [2.24, 2.45) is 0 Å². The maximum Gasteiger partial charge on any atom is 0.383 e. The van der Waals surface area contributed by atoms with Gasteiger partial charge in [0, 0.05) is 12.1 Å². The van der Waals surface area contributed by atoms with Crippen molar-refractivity contribution in [2.75, 3.05) is 25.3 Å². The molecule has 9 heteroatoms. The minimum atomic E-state index is -4.82. The number of ether oxygens (including phenoxy) is 2. The fourth-order valence-corrected chi connectivity index (χ4v) is 1.31. The Hall–Kier alpha value is -2.19. The van der Waals surface area contributed by atoms with Crippen LogP contribution in [0, 0.1) is 0 Å². The van der Waals surface area contributed by atoms with Gasteiger partial charge in [0.15, 0.2) is 11.5 Å². The van der Waals surface area contributed by atoms with Gasteiger partial charge in [0.1, 0.15) is 0 Å². The van der Waals surface area contributed by atoms with Gasteiger partial charge in [0.25, 0.3) is 0 Å². The van der Waals surface area contributed by atoms with E-state index in [1.54, 1.807) is 5.32 Å². The number of methoxy groups -OCH3 is 2. The van der Waals surface area contributed by atoms with E-state index < -0.39 is 18.3 Å². The Balaban J connectivity index is 3.07. The molecule has 0 radical (unpaired) electrons. The number of anilines is 2. The summed E-state index contributed by atoms with van der Waals surface area (Å²) >= 11 is 0. The molecule has 3 N–H and O–H groups in total. The van der Waals surface area contributed by atoms with Crippen LogP contribution in [0.15, 0.2) is 12.1 Å². The first kappa shape index (κ1) is 15.9. The SMILES string of the molecule is COc1cc(N)c(NC(=O)C(F)(F)C(F)F)cc1OC. The number of rotatable bonds is 5. The van der Waals surface area contributed by atoms with Crippen molar-refractivity contribution in [3.63, 3.8) is 0 Å². The number of amides is 1. The second kappa shape index (κ2) is 5.85. The number of nitrogens with one attached hydrogen (secondary N) is 1. The zero-order valence-corrected chi connectivity index (χ0v) is 10.5. The lowest BCUT2D eigenvalue weighted by Gasteiger charge is -2.17. The Kier molecular flexibility index (Phi) is 4.64. The molecule has 0 saturated carbocycles. The first-order valence-corrected chi connectivity index (χ1v) is 5.23. The highest BCUT2D eigenvalue weighted by molar-refractivity contribution is 5.99. The maximum atomic E-state index is 12.8. The molecule has 1 aromatic carbocycles. The summed E-state index contributed by atoms with van der Waals surface area (Å²) in [6.45, 7) is 0. The molecule has 0 saturated heterocycles. The van der Waals surface area contributed by atoms with Crippen LogP contribution in [0.25, 0.3) is 0 Å². The quantitative estimate of drug-likeness (QED) is 0.645. The highest BCUT2D eigenvalue weighted by Gasteiger charge is 2.49. The summed E-state index contributed by atoms with van der Waals surface area (Å²) in [5.74, 6) is -6.69. The summed E-state index contributed by atoms with van der Waals surface area (Å²) in [6.07, 6.45) is -4.12. The van der Waals surface area contributed by atoms with Gasteiger partial charge >= 0.3 is 18.3 Å². The molecule has 0 aliphatic heterocycles. The van der Waals surface area contributed by atoms with Gasteiger partial charge < -0.3 is 20.5 Å². The molecule has 0 bridgehead atoms. The Morgan fingerprint density at radius 3 is 2.20 bits per heavy atom. The molecule has 0 aliphatic carbocycles. The van der Waals surface area contributed by atoms with Gasteiger partial charge in [0.05, 0.1) is 25.6 Å². The Bertz CT molecular complexity index is 509. The molecule has 0 spiro atoms. The van der Waals surface area contributed by atoms with Crippen LogP contribution in [0.1, 0.15) is 0 Å². The lowest BCUT2D eigenvalue weighted by atomic mass is 10.2. The molecule has 20 heavy (non-hydrogen) atoms. The fraction of sp³-hybridized carbons (Fsp3) is 0.364. The normalized spacial score (nSPS) is 11.3. The molecule has 1 amide bonds. The van der Waals surface area contributed by atoms with Gasteiger partial charge in [-0.3, -0.25) is 4.79 Å². The van der Waals surface area contributed by atoms with Gasteiger partial charge in [-0.25, -0.2) is 8.78 Å². The molecule has 0 aliphatic rings. The maximum absolute atomic E-state index is 12.8. The Labute approximate surface area is 111 Å². The van der Waals surface area contributed by atoms with E-state index in [0.29, 0.717) is 0 Å². The zero-order valence-electron chi connectivity index (χ0n) is 10.5. The second-order valence-electron chi connectivity index (χ2n) is 3.67.